The van der Waals surface area contributed by atoms with E-state index in [1.54, 1.807) is 12.1 Å². The number of likely N-dealkylation sites (tertiary alicyclic amines) is 1. The smallest absolute Gasteiger partial charge is 0.416 e. The summed E-state index contributed by atoms with van der Waals surface area (Å²) in [6.07, 6.45) is -4.42. The van der Waals surface area contributed by atoms with Crippen LogP contribution in [0.2, 0.25) is 0 Å². The van der Waals surface area contributed by atoms with Gasteiger partial charge >= 0.3 is 6.18 Å². The first-order valence-electron chi connectivity index (χ1n) is 9.51. The lowest BCUT2D eigenvalue weighted by molar-refractivity contribution is -0.137. The topological polar surface area (TPSA) is 81.5 Å². The Morgan fingerprint density at radius 2 is 1.80 bits per heavy atom. The van der Waals surface area contributed by atoms with Crippen LogP contribution in [0.25, 0.3) is 22.0 Å². The molecule has 0 saturated carbocycles. The largest absolute Gasteiger partial charge is 0.507 e. The summed E-state index contributed by atoms with van der Waals surface area (Å²) in [4.78, 5) is 2.02. The molecule has 0 aliphatic carbocycles. The minimum Gasteiger partial charge on any atom is -0.507 e. The monoisotopic (exact) mass is 418 g/mol. The van der Waals surface area contributed by atoms with Gasteiger partial charge in [-0.25, -0.2) is 0 Å². The number of likely N-dealkylation sites (N-methyl/N-ethyl adjacent to an activating group) is 1. The number of aromatic nitrogens is 2. The number of nitrogens with one attached hydrogen (secondary N) is 1. The molecule has 4 rings (SSSR count). The SMILES string of the molecule is CN1CC(O)CC(Nc2nnc(-c3ccc(C(F)(F)F)cc3O)c3ccccc23)C1. The number of piperidine rings is 1. The number of anilines is 1. The first-order chi connectivity index (χ1) is 14.2. The van der Waals surface area contributed by atoms with Crippen LogP contribution in [0.15, 0.2) is 42.5 Å². The van der Waals surface area contributed by atoms with E-state index in [2.05, 4.69) is 15.5 Å². The maximum absolute atomic E-state index is 12.9. The number of β-amino-alcohol motifs (C(OH)–C–C–N with tert-alkyl or cyclic N) is 1. The van der Waals surface area contributed by atoms with E-state index in [1.807, 2.05) is 24.1 Å². The highest BCUT2D eigenvalue weighted by Crippen LogP contribution is 2.38. The van der Waals surface area contributed by atoms with E-state index < -0.39 is 23.6 Å². The number of phenols is 1. The number of nitrogens with zero attached hydrogens (tertiary/aromatic N) is 3. The summed E-state index contributed by atoms with van der Waals surface area (Å²) >= 11 is 0. The zero-order chi connectivity index (χ0) is 21.5. The van der Waals surface area contributed by atoms with Gasteiger partial charge in [-0.15, -0.1) is 10.2 Å². The summed E-state index contributed by atoms with van der Waals surface area (Å²) in [5.41, 5.74) is -0.464. The molecule has 0 bridgehead atoms. The third kappa shape index (κ3) is 4.03. The summed E-state index contributed by atoms with van der Waals surface area (Å²) in [7, 11) is 1.93. The first kappa shape index (κ1) is 20.4. The number of halogens is 3. The minimum absolute atomic E-state index is 0.0261. The summed E-state index contributed by atoms with van der Waals surface area (Å²) in [5, 5.41) is 33.4. The van der Waals surface area contributed by atoms with Crippen molar-refractivity contribution in [3.8, 4) is 17.0 Å². The Hall–Kier alpha value is -2.91. The fourth-order valence-electron chi connectivity index (χ4n) is 3.90. The second-order valence-electron chi connectivity index (χ2n) is 7.62. The molecule has 1 aromatic heterocycles. The number of aliphatic hydroxyl groups excluding tert-OH is 1. The summed E-state index contributed by atoms with van der Waals surface area (Å²) < 4.78 is 38.8. The van der Waals surface area contributed by atoms with Crippen LogP contribution in [0.3, 0.4) is 0 Å². The Labute approximate surface area is 171 Å². The van der Waals surface area contributed by atoms with Crippen molar-refractivity contribution in [3.63, 3.8) is 0 Å². The summed E-state index contributed by atoms with van der Waals surface area (Å²) in [6.45, 7) is 1.34. The molecule has 3 N–H and O–H groups in total. The molecule has 0 radical (unpaired) electrons. The molecule has 2 atom stereocenters. The normalized spacial score (nSPS) is 20.4. The lowest BCUT2D eigenvalue weighted by Crippen LogP contribution is -2.46. The second-order valence-corrected chi connectivity index (χ2v) is 7.62. The Morgan fingerprint density at radius 3 is 2.47 bits per heavy atom. The molecule has 2 aromatic carbocycles. The Morgan fingerprint density at radius 1 is 1.07 bits per heavy atom. The highest BCUT2D eigenvalue weighted by molar-refractivity contribution is 6.00. The van der Waals surface area contributed by atoms with E-state index in [0.29, 0.717) is 35.9 Å². The van der Waals surface area contributed by atoms with E-state index in [0.717, 1.165) is 18.0 Å². The van der Waals surface area contributed by atoms with Crippen molar-refractivity contribution in [1.82, 2.24) is 15.1 Å². The highest BCUT2D eigenvalue weighted by Gasteiger charge is 2.31. The van der Waals surface area contributed by atoms with Gasteiger partial charge in [-0.05, 0) is 31.7 Å². The van der Waals surface area contributed by atoms with Gasteiger partial charge in [-0.3, -0.25) is 0 Å². The Balaban J connectivity index is 1.73. The Bertz CT molecular complexity index is 1060. The van der Waals surface area contributed by atoms with Crippen LogP contribution in [0.1, 0.15) is 12.0 Å². The van der Waals surface area contributed by atoms with Crippen molar-refractivity contribution in [2.24, 2.45) is 0 Å². The van der Waals surface area contributed by atoms with E-state index in [1.165, 1.54) is 6.07 Å². The molecule has 0 amide bonds. The number of hydrogen-bond acceptors (Lipinski definition) is 6. The molecular formula is C21H21F3N4O2. The predicted octanol–water partition coefficient (Wildman–Crippen LogP) is 3.50. The van der Waals surface area contributed by atoms with Crippen molar-refractivity contribution in [1.29, 1.82) is 0 Å². The quantitative estimate of drug-likeness (QED) is 0.604. The average Bonchev–Trinajstić information content (AvgIpc) is 2.67. The van der Waals surface area contributed by atoms with E-state index in [-0.39, 0.29) is 11.6 Å². The van der Waals surface area contributed by atoms with Crippen LogP contribution in [-0.4, -0.2) is 57.6 Å². The van der Waals surface area contributed by atoms with E-state index in [9.17, 15) is 23.4 Å². The number of hydrogen-bond donors (Lipinski definition) is 3. The number of fused-ring (bicyclic) bond motifs is 1. The standard InChI is InChI=1S/C21H21F3N4O2/c1-28-10-13(9-14(29)11-28)25-20-16-5-3-2-4-15(16)19(26-27-20)17-7-6-12(8-18(17)30)21(22,23)24/h2-8,13-14,29-30H,9-11H2,1H3,(H,25,27). The lowest BCUT2D eigenvalue weighted by atomic mass is 10.0. The molecule has 9 heteroatoms. The first-order valence-corrected chi connectivity index (χ1v) is 9.51. The third-order valence-corrected chi connectivity index (χ3v) is 5.22. The summed E-state index contributed by atoms with van der Waals surface area (Å²) in [5.74, 6) is 0.00951. The zero-order valence-electron chi connectivity index (χ0n) is 16.2. The molecule has 1 aliphatic rings. The summed E-state index contributed by atoms with van der Waals surface area (Å²) in [6, 6.07) is 10.0. The second kappa shape index (κ2) is 7.73. The average molecular weight is 418 g/mol. The number of rotatable bonds is 3. The lowest BCUT2D eigenvalue weighted by Gasteiger charge is -2.33. The molecule has 1 saturated heterocycles. The van der Waals surface area contributed by atoms with Gasteiger partial charge in [0.15, 0.2) is 5.82 Å². The van der Waals surface area contributed by atoms with Crippen molar-refractivity contribution in [3.05, 3.63) is 48.0 Å². The van der Waals surface area contributed by atoms with Crippen molar-refractivity contribution >= 4 is 16.6 Å². The van der Waals surface area contributed by atoms with Crippen LogP contribution >= 0.6 is 0 Å². The maximum atomic E-state index is 12.9. The predicted molar refractivity (Wildman–Crippen MR) is 107 cm³/mol. The minimum atomic E-state index is -4.55. The van der Waals surface area contributed by atoms with Crippen LogP contribution in [0.4, 0.5) is 19.0 Å². The van der Waals surface area contributed by atoms with Gasteiger partial charge in [-0.1, -0.05) is 24.3 Å². The van der Waals surface area contributed by atoms with Gasteiger partial charge < -0.3 is 20.4 Å². The highest BCUT2D eigenvalue weighted by atomic mass is 19.4. The third-order valence-electron chi connectivity index (χ3n) is 5.22. The van der Waals surface area contributed by atoms with Crippen molar-refractivity contribution in [2.75, 3.05) is 25.5 Å². The van der Waals surface area contributed by atoms with Crippen molar-refractivity contribution in [2.45, 2.75) is 24.7 Å². The number of phenolic OH excluding ortho intramolecular Hbond substituents is 1. The molecule has 2 unspecified atom stereocenters. The molecule has 2 heterocycles. The van der Waals surface area contributed by atoms with E-state index >= 15 is 0 Å². The van der Waals surface area contributed by atoms with Crippen LogP contribution < -0.4 is 5.32 Å². The molecular weight excluding hydrogens is 397 g/mol. The van der Waals surface area contributed by atoms with E-state index in [4.69, 9.17) is 0 Å². The van der Waals surface area contributed by atoms with Gasteiger partial charge in [-0.2, -0.15) is 13.2 Å². The molecule has 0 spiro atoms. The van der Waals surface area contributed by atoms with Crippen molar-refractivity contribution < 1.29 is 23.4 Å². The zero-order valence-corrected chi connectivity index (χ0v) is 16.2. The molecule has 3 aromatic rings. The van der Waals surface area contributed by atoms with Crippen LogP contribution in [-0.2, 0) is 6.18 Å². The molecule has 1 aliphatic heterocycles. The maximum Gasteiger partial charge on any atom is 0.416 e. The number of aliphatic hydroxyl groups is 1. The number of aromatic hydroxyl groups is 1. The Kier molecular flexibility index (Phi) is 5.25. The van der Waals surface area contributed by atoms with Gasteiger partial charge in [0, 0.05) is 35.5 Å². The van der Waals surface area contributed by atoms with Crippen LogP contribution in [0, 0.1) is 0 Å². The van der Waals surface area contributed by atoms with Crippen LogP contribution in [0.5, 0.6) is 5.75 Å². The number of benzene rings is 2. The van der Waals surface area contributed by atoms with Gasteiger partial charge in [0.05, 0.1) is 11.7 Å². The fraction of sp³-hybridized carbons (Fsp3) is 0.333. The van der Waals surface area contributed by atoms with Gasteiger partial charge in [0.1, 0.15) is 11.4 Å². The molecule has 6 nitrogen and oxygen atoms in total. The fourth-order valence-corrected chi connectivity index (χ4v) is 3.90. The number of alkyl halides is 3. The molecule has 30 heavy (non-hydrogen) atoms. The molecule has 158 valence electrons. The van der Waals surface area contributed by atoms with Gasteiger partial charge in [0.2, 0.25) is 0 Å². The van der Waals surface area contributed by atoms with Gasteiger partial charge in [0.25, 0.3) is 0 Å². The molecule has 1 fully saturated rings.